The van der Waals surface area contributed by atoms with Gasteiger partial charge in [-0.05, 0) is 20.3 Å². The zero-order chi connectivity index (χ0) is 13.3. The molecule has 0 spiro atoms. The van der Waals surface area contributed by atoms with Gasteiger partial charge in [0.15, 0.2) is 0 Å². The molecule has 0 N–H and O–H groups in total. The van der Waals surface area contributed by atoms with Crippen molar-refractivity contribution >= 4 is 8.80 Å². The summed E-state index contributed by atoms with van der Waals surface area (Å²) in [6.07, 6.45) is 2.08. The van der Waals surface area contributed by atoms with E-state index in [1.807, 2.05) is 13.8 Å². The first-order chi connectivity index (χ1) is 8.02. The van der Waals surface area contributed by atoms with Crippen LogP contribution in [0.2, 0.25) is 0 Å². The summed E-state index contributed by atoms with van der Waals surface area (Å²) in [4.78, 5) is 0. The topological polar surface area (TPSA) is 36.9 Å². The molecule has 1 atom stereocenters. The van der Waals surface area contributed by atoms with E-state index in [0.717, 1.165) is 18.4 Å². The van der Waals surface area contributed by atoms with Gasteiger partial charge in [-0.3, -0.25) is 0 Å². The number of rotatable bonds is 10. The molecule has 0 radical (unpaired) electrons. The van der Waals surface area contributed by atoms with Gasteiger partial charge < -0.3 is 18.0 Å². The molecule has 0 aliphatic heterocycles. The fraction of sp³-hybridized carbons (Fsp3) is 0.833. The molecule has 0 saturated heterocycles. The lowest BCUT2D eigenvalue weighted by atomic mass is 10.4. The minimum Gasteiger partial charge on any atom is -0.375 e. The van der Waals surface area contributed by atoms with Gasteiger partial charge in [0.05, 0.1) is 6.61 Å². The Labute approximate surface area is 106 Å². The molecule has 0 heterocycles. The summed E-state index contributed by atoms with van der Waals surface area (Å²) in [5.41, 5.74) is 0.784. The second kappa shape index (κ2) is 8.83. The Morgan fingerprint density at radius 1 is 1.29 bits per heavy atom. The van der Waals surface area contributed by atoms with Crippen LogP contribution in [-0.4, -0.2) is 42.0 Å². The van der Waals surface area contributed by atoms with Crippen LogP contribution in [0.5, 0.6) is 0 Å². The van der Waals surface area contributed by atoms with E-state index < -0.39 is 8.80 Å². The quantitative estimate of drug-likeness (QED) is 0.344. The van der Waals surface area contributed by atoms with Crippen molar-refractivity contribution in [3.63, 3.8) is 0 Å². The molecule has 5 heteroatoms. The average molecular weight is 262 g/mol. The van der Waals surface area contributed by atoms with Crippen molar-refractivity contribution < 1.29 is 18.0 Å². The van der Waals surface area contributed by atoms with Gasteiger partial charge >= 0.3 is 8.80 Å². The van der Waals surface area contributed by atoms with Crippen molar-refractivity contribution in [2.24, 2.45) is 0 Å². The van der Waals surface area contributed by atoms with E-state index in [9.17, 15) is 0 Å². The molecule has 0 aromatic rings. The van der Waals surface area contributed by atoms with Gasteiger partial charge in [0.1, 0.15) is 5.73 Å². The van der Waals surface area contributed by atoms with Crippen LogP contribution in [0.25, 0.3) is 0 Å². The lowest BCUT2D eigenvalue weighted by molar-refractivity contribution is 0.0173. The molecule has 4 nitrogen and oxygen atoms in total. The van der Waals surface area contributed by atoms with Crippen LogP contribution in [0.15, 0.2) is 12.2 Å². The molecule has 0 aliphatic carbocycles. The molecule has 1 unspecified atom stereocenters. The van der Waals surface area contributed by atoms with Crippen molar-refractivity contribution in [1.82, 2.24) is 0 Å². The summed E-state index contributed by atoms with van der Waals surface area (Å²) >= 11 is 0. The third-order valence-corrected chi connectivity index (χ3v) is 5.35. The van der Waals surface area contributed by atoms with Crippen LogP contribution in [-0.2, 0) is 18.0 Å². The average Bonchev–Trinajstić information content (AvgIpc) is 2.32. The van der Waals surface area contributed by atoms with E-state index in [2.05, 4.69) is 13.5 Å². The fourth-order valence-electron chi connectivity index (χ4n) is 1.38. The Balaban J connectivity index is 4.39. The van der Waals surface area contributed by atoms with Gasteiger partial charge in [0.25, 0.3) is 0 Å². The smallest absolute Gasteiger partial charge is 0.375 e. The van der Waals surface area contributed by atoms with Crippen LogP contribution >= 0.6 is 0 Å². The van der Waals surface area contributed by atoms with Crippen molar-refractivity contribution in [2.75, 3.05) is 27.4 Å². The second-order valence-electron chi connectivity index (χ2n) is 4.12. The molecule has 0 aromatic carbocycles. The van der Waals surface area contributed by atoms with Gasteiger partial charge in [-0.2, -0.15) is 0 Å². The first-order valence-corrected chi connectivity index (χ1v) is 7.82. The van der Waals surface area contributed by atoms with E-state index in [1.54, 1.807) is 14.2 Å². The Morgan fingerprint density at radius 3 is 2.29 bits per heavy atom. The van der Waals surface area contributed by atoms with E-state index in [0.29, 0.717) is 13.2 Å². The van der Waals surface area contributed by atoms with E-state index in [1.165, 1.54) is 0 Å². The van der Waals surface area contributed by atoms with Crippen molar-refractivity contribution in [3.05, 3.63) is 12.2 Å². The van der Waals surface area contributed by atoms with Crippen LogP contribution in [0, 0.1) is 0 Å². The highest BCUT2D eigenvalue weighted by atomic mass is 28.4. The Morgan fingerprint density at radius 2 is 1.88 bits per heavy atom. The molecule has 17 heavy (non-hydrogen) atoms. The predicted octanol–water partition coefficient (Wildman–Crippen LogP) is 2.56. The third kappa shape index (κ3) is 5.79. The predicted molar refractivity (Wildman–Crippen MR) is 70.9 cm³/mol. The molecule has 0 fully saturated rings. The maximum Gasteiger partial charge on any atom is 0.530 e. The van der Waals surface area contributed by atoms with Crippen LogP contribution in [0.3, 0.4) is 0 Å². The first-order valence-electron chi connectivity index (χ1n) is 6.02. The number of hydrogen-bond donors (Lipinski definition) is 0. The van der Waals surface area contributed by atoms with Crippen LogP contribution < -0.4 is 0 Å². The minimum absolute atomic E-state index is 0.189. The third-order valence-electron chi connectivity index (χ3n) is 2.45. The lowest BCUT2D eigenvalue weighted by Gasteiger charge is -2.31. The van der Waals surface area contributed by atoms with Crippen molar-refractivity contribution in [3.8, 4) is 0 Å². The molecule has 102 valence electrons. The van der Waals surface area contributed by atoms with Crippen molar-refractivity contribution in [2.45, 2.75) is 39.3 Å². The molecule has 0 saturated carbocycles. The number of hydrogen-bond acceptors (Lipinski definition) is 4. The van der Waals surface area contributed by atoms with E-state index in [-0.39, 0.29) is 5.73 Å². The molecule has 0 bridgehead atoms. The SMILES string of the molecule is C=C(C)COC(C)[Si](OC)(OC)OCCCC. The summed E-state index contributed by atoms with van der Waals surface area (Å²) < 4.78 is 22.4. The monoisotopic (exact) mass is 262 g/mol. The zero-order valence-electron chi connectivity index (χ0n) is 11.7. The second-order valence-corrected chi connectivity index (χ2v) is 7.25. The summed E-state index contributed by atoms with van der Waals surface area (Å²) in [6.45, 7) is 10.9. The molecule has 0 rings (SSSR count). The maximum atomic E-state index is 5.80. The van der Waals surface area contributed by atoms with Gasteiger partial charge in [0.2, 0.25) is 0 Å². The summed E-state index contributed by atoms with van der Waals surface area (Å²) in [5, 5.41) is 0. The summed E-state index contributed by atoms with van der Waals surface area (Å²) in [7, 11) is 0.513. The summed E-state index contributed by atoms with van der Waals surface area (Å²) in [6, 6.07) is 0. The van der Waals surface area contributed by atoms with Gasteiger partial charge in [-0.15, -0.1) is 0 Å². The summed E-state index contributed by atoms with van der Waals surface area (Å²) in [5.74, 6) is 0. The standard InChI is InChI=1S/C12H26O4Si/c1-7-8-9-16-17(13-5,14-6)12(4)15-10-11(2)3/h12H,2,7-10H2,1,3-6H3. The Bertz CT molecular complexity index is 217. The highest BCUT2D eigenvalue weighted by Crippen LogP contribution is 2.17. The Hall–Kier alpha value is -0.203. The zero-order valence-corrected chi connectivity index (χ0v) is 12.7. The number of ether oxygens (including phenoxy) is 1. The fourth-order valence-corrected chi connectivity index (χ4v) is 3.40. The largest absolute Gasteiger partial charge is 0.530 e. The highest BCUT2D eigenvalue weighted by Gasteiger charge is 2.46. The van der Waals surface area contributed by atoms with Gasteiger partial charge in [-0.1, -0.05) is 25.5 Å². The molecular formula is C12H26O4Si. The van der Waals surface area contributed by atoms with Gasteiger partial charge in [-0.25, -0.2) is 0 Å². The lowest BCUT2D eigenvalue weighted by Crippen LogP contribution is -2.55. The highest BCUT2D eigenvalue weighted by molar-refractivity contribution is 6.62. The maximum absolute atomic E-state index is 5.80. The minimum atomic E-state index is -2.71. The normalized spacial score (nSPS) is 13.7. The van der Waals surface area contributed by atoms with Crippen LogP contribution in [0.1, 0.15) is 33.6 Å². The van der Waals surface area contributed by atoms with E-state index >= 15 is 0 Å². The Kier molecular flexibility index (Phi) is 8.72. The van der Waals surface area contributed by atoms with Gasteiger partial charge in [0, 0.05) is 20.8 Å². The molecule has 0 amide bonds. The van der Waals surface area contributed by atoms with E-state index in [4.69, 9.17) is 18.0 Å². The molecule has 0 aliphatic rings. The number of unbranched alkanes of at least 4 members (excludes halogenated alkanes) is 1. The molecule has 0 aromatic heterocycles. The molecular weight excluding hydrogens is 236 g/mol. The van der Waals surface area contributed by atoms with Crippen molar-refractivity contribution in [1.29, 1.82) is 0 Å². The van der Waals surface area contributed by atoms with Crippen LogP contribution in [0.4, 0.5) is 0 Å². The first kappa shape index (κ1) is 16.8.